The van der Waals surface area contributed by atoms with Crippen molar-refractivity contribution in [3.05, 3.63) is 0 Å². The Morgan fingerprint density at radius 1 is 1.04 bits per heavy atom. The second kappa shape index (κ2) is 9.01. The number of rotatable bonds is 6. The van der Waals surface area contributed by atoms with Crippen molar-refractivity contribution < 1.29 is 9.53 Å². The molecule has 4 rings (SSSR count). The summed E-state index contributed by atoms with van der Waals surface area (Å²) in [6.45, 7) is 12.6. The van der Waals surface area contributed by atoms with Crippen LogP contribution < -0.4 is 5.32 Å². The largest absolute Gasteiger partial charge is 0.373 e. The first-order valence-electron chi connectivity index (χ1n) is 11.9. The standard InChI is InChI=1S/C23H41N3O2/c1-16-12-26(13-17(2)28-16)14-19-6-8-25(9-7-19)15-23(27)24-18(3)22-11-20-4-5-21(22)10-20/h16-22H,4-15H2,1-3H3,(H,24,27)/t16-,17-,18-,20+,21+,22-/m1/s1. The lowest BCUT2D eigenvalue weighted by atomic mass is 9.84. The van der Waals surface area contributed by atoms with Gasteiger partial charge in [0, 0.05) is 25.7 Å². The first-order valence-corrected chi connectivity index (χ1v) is 11.9. The molecule has 1 amide bonds. The number of hydrogen-bond acceptors (Lipinski definition) is 4. The summed E-state index contributed by atoms with van der Waals surface area (Å²) in [6.07, 6.45) is 8.72. The molecule has 28 heavy (non-hydrogen) atoms. The molecule has 2 heterocycles. The number of nitrogens with zero attached hydrogens (tertiary/aromatic N) is 2. The van der Waals surface area contributed by atoms with E-state index in [4.69, 9.17) is 4.74 Å². The van der Waals surface area contributed by atoms with Crippen molar-refractivity contribution in [1.29, 1.82) is 0 Å². The molecule has 2 aliphatic carbocycles. The van der Waals surface area contributed by atoms with Crippen LogP contribution in [-0.4, -0.2) is 73.2 Å². The number of nitrogens with one attached hydrogen (secondary N) is 1. The highest BCUT2D eigenvalue weighted by molar-refractivity contribution is 5.78. The van der Waals surface area contributed by atoms with Gasteiger partial charge >= 0.3 is 0 Å². The normalized spacial score (nSPS) is 38.6. The van der Waals surface area contributed by atoms with Gasteiger partial charge in [0.25, 0.3) is 0 Å². The zero-order valence-electron chi connectivity index (χ0n) is 18.2. The Balaban J connectivity index is 1.15. The molecule has 1 N–H and O–H groups in total. The highest BCUT2D eigenvalue weighted by atomic mass is 16.5. The number of carbonyl (C=O) groups is 1. The van der Waals surface area contributed by atoms with Gasteiger partial charge in [0.05, 0.1) is 18.8 Å². The summed E-state index contributed by atoms with van der Waals surface area (Å²) in [6, 6.07) is 0.352. The maximum Gasteiger partial charge on any atom is 0.234 e. The molecule has 0 aromatic carbocycles. The molecule has 160 valence electrons. The predicted molar refractivity (Wildman–Crippen MR) is 112 cm³/mol. The van der Waals surface area contributed by atoms with Crippen molar-refractivity contribution in [2.45, 2.75) is 77.5 Å². The number of carbonyl (C=O) groups excluding carboxylic acids is 1. The Morgan fingerprint density at radius 2 is 1.75 bits per heavy atom. The third-order valence-electron chi connectivity index (χ3n) is 7.91. The molecule has 2 saturated carbocycles. The van der Waals surface area contributed by atoms with Crippen molar-refractivity contribution in [3.63, 3.8) is 0 Å². The van der Waals surface area contributed by atoms with E-state index in [1.165, 1.54) is 45.1 Å². The maximum absolute atomic E-state index is 12.6. The summed E-state index contributed by atoms with van der Waals surface area (Å²) in [4.78, 5) is 17.5. The van der Waals surface area contributed by atoms with Crippen LogP contribution in [0.5, 0.6) is 0 Å². The average Bonchev–Trinajstić information content (AvgIpc) is 3.26. The number of fused-ring (bicyclic) bond motifs is 2. The molecule has 0 aromatic rings. The van der Waals surface area contributed by atoms with E-state index in [-0.39, 0.29) is 5.91 Å². The number of amides is 1. The van der Waals surface area contributed by atoms with Crippen LogP contribution >= 0.6 is 0 Å². The van der Waals surface area contributed by atoms with E-state index >= 15 is 0 Å². The van der Waals surface area contributed by atoms with Gasteiger partial charge in [-0.15, -0.1) is 0 Å². The molecule has 0 radical (unpaired) electrons. The van der Waals surface area contributed by atoms with Crippen LogP contribution in [0, 0.1) is 23.7 Å². The summed E-state index contributed by atoms with van der Waals surface area (Å²) < 4.78 is 5.86. The zero-order chi connectivity index (χ0) is 19.7. The highest BCUT2D eigenvalue weighted by Crippen LogP contribution is 2.49. The van der Waals surface area contributed by atoms with E-state index < -0.39 is 0 Å². The first kappa shape index (κ1) is 20.6. The lowest BCUT2D eigenvalue weighted by Gasteiger charge is -2.39. The molecule has 6 atom stereocenters. The fraction of sp³-hybridized carbons (Fsp3) is 0.957. The fourth-order valence-corrected chi connectivity index (χ4v) is 6.64. The third-order valence-corrected chi connectivity index (χ3v) is 7.91. The first-order chi connectivity index (χ1) is 13.5. The lowest BCUT2D eigenvalue weighted by molar-refractivity contribution is -0.123. The molecule has 4 fully saturated rings. The Labute approximate surface area is 171 Å². The molecular weight excluding hydrogens is 350 g/mol. The number of likely N-dealkylation sites (tertiary alicyclic amines) is 1. The Morgan fingerprint density at radius 3 is 2.36 bits per heavy atom. The van der Waals surface area contributed by atoms with Crippen LogP contribution in [0.2, 0.25) is 0 Å². The Hall–Kier alpha value is -0.650. The molecular formula is C23H41N3O2. The molecule has 0 aromatic heterocycles. The van der Waals surface area contributed by atoms with Crippen molar-refractivity contribution >= 4 is 5.91 Å². The lowest BCUT2D eigenvalue weighted by Crippen LogP contribution is -2.49. The van der Waals surface area contributed by atoms with Crippen LogP contribution in [0.4, 0.5) is 0 Å². The van der Waals surface area contributed by atoms with E-state index in [2.05, 4.69) is 35.9 Å². The summed E-state index contributed by atoms with van der Waals surface area (Å²) >= 11 is 0. The van der Waals surface area contributed by atoms with Crippen LogP contribution in [0.15, 0.2) is 0 Å². The Kier molecular flexibility index (Phi) is 6.63. The predicted octanol–water partition coefficient (Wildman–Crippen LogP) is 2.75. The van der Waals surface area contributed by atoms with E-state index in [0.29, 0.717) is 24.8 Å². The highest BCUT2D eigenvalue weighted by Gasteiger charge is 2.42. The molecule has 2 saturated heterocycles. The molecule has 0 spiro atoms. The van der Waals surface area contributed by atoms with Crippen LogP contribution in [0.25, 0.3) is 0 Å². The number of morpholine rings is 1. The third kappa shape index (κ3) is 5.09. The summed E-state index contributed by atoms with van der Waals surface area (Å²) in [5, 5.41) is 3.34. The van der Waals surface area contributed by atoms with Crippen LogP contribution in [0.1, 0.15) is 59.3 Å². The molecule has 2 bridgehead atoms. The summed E-state index contributed by atoms with van der Waals surface area (Å²) in [5.41, 5.74) is 0. The van der Waals surface area contributed by atoms with Gasteiger partial charge in [-0.3, -0.25) is 14.6 Å². The smallest absolute Gasteiger partial charge is 0.234 e. The minimum absolute atomic E-state index is 0.240. The van der Waals surface area contributed by atoms with E-state index in [1.807, 2.05) is 0 Å². The summed E-state index contributed by atoms with van der Waals surface area (Å²) in [5.74, 6) is 3.56. The molecule has 0 unspecified atom stereocenters. The minimum Gasteiger partial charge on any atom is -0.373 e. The van der Waals surface area contributed by atoms with Gasteiger partial charge in [-0.25, -0.2) is 0 Å². The molecule has 4 aliphatic rings. The number of ether oxygens (including phenoxy) is 1. The second-order valence-electron chi connectivity index (χ2n) is 10.4. The van der Waals surface area contributed by atoms with Gasteiger partial charge in [0.2, 0.25) is 5.91 Å². The van der Waals surface area contributed by atoms with Crippen LogP contribution in [0.3, 0.4) is 0 Å². The average molecular weight is 392 g/mol. The van der Waals surface area contributed by atoms with E-state index in [9.17, 15) is 4.79 Å². The van der Waals surface area contributed by atoms with E-state index in [1.54, 1.807) is 0 Å². The topological polar surface area (TPSA) is 44.8 Å². The SMILES string of the molecule is C[C@@H]1CN(CC2CCN(CC(=O)N[C@H](C)[C@H]3C[C@H]4CC[C@H]3C4)CC2)C[C@@H](C)O1. The van der Waals surface area contributed by atoms with Gasteiger partial charge in [-0.2, -0.15) is 0 Å². The van der Waals surface area contributed by atoms with Crippen molar-refractivity contribution in [2.75, 3.05) is 39.3 Å². The maximum atomic E-state index is 12.6. The zero-order valence-corrected chi connectivity index (χ0v) is 18.2. The van der Waals surface area contributed by atoms with Crippen molar-refractivity contribution in [2.24, 2.45) is 23.7 Å². The van der Waals surface area contributed by atoms with Crippen molar-refractivity contribution in [1.82, 2.24) is 15.1 Å². The second-order valence-corrected chi connectivity index (χ2v) is 10.4. The van der Waals surface area contributed by atoms with Gasteiger partial charge in [0.1, 0.15) is 0 Å². The molecule has 5 heteroatoms. The summed E-state index contributed by atoms with van der Waals surface area (Å²) in [7, 11) is 0. The number of hydrogen-bond donors (Lipinski definition) is 1. The van der Waals surface area contributed by atoms with Crippen molar-refractivity contribution in [3.8, 4) is 0 Å². The Bertz CT molecular complexity index is 524. The van der Waals surface area contributed by atoms with Gasteiger partial charge < -0.3 is 10.1 Å². The van der Waals surface area contributed by atoms with Gasteiger partial charge in [-0.1, -0.05) is 6.42 Å². The minimum atomic E-state index is 0.240. The van der Waals surface area contributed by atoms with Gasteiger partial charge in [0.15, 0.2) is 0 Å². The molecule has 5 nitrogen and oxygen atoms in total. The fourth-order valence-electron chi connectivity index (χ4n) is 6.64. The van der Waals surface area contributed by atoms with Crippen LogP contribution in [-0.2, 0) is 9.53 Å². The molecule has 2 aliphatic heterocycles. The quantitative estimate of drug-likeness (QED) is 0.756. The van der Waals surface area contributed by atoms with Gasteiger partial charge in [-0.05, 0) is 89.6 Å². The van der Waals surface area contributed by atoms with E-state index in [0.717, 1.165) is 49.9 Å². The monoisotopic (exact) mass is 391 g/mol. The number of piperidine rings is 1.